The molecule has 1 atom stereocenters. The van der Waals surface area contributed by atoms with Crippen LogP contribution in [0.15, 0.2) is 30.3 Å². The minimum Gasteiger partial charge on any atom is -0.445 e. The van der Waals surface area contributed by atoms with Crippen LogP contribution in [0.1, 0.15) is 72.8 Å². The van der Waals surface area contributed by atoms with E-state index in [0.29, 0.717) is 65.9 Å². The van der Waals surface area contributed by atoms with Crippen molar-refractivity contribution in [3.05, 3.63) is 35.9 Å². The molecule has 0 unspecified atom stereocenters. The van der Waals surface area contributed by atoms with Crippen LogP contribution in [0.2, 0.25) is 0 Å². The molecule has 0 spiro atoms. The lowest BCUT2D eigenvalue weighted by molar-refractivity contribution is -0.125. The van der Waals surface area contributed by atoms with E-state index in [1.165, 1.54) is 0 Å². The molecule has 0 saturated heterocycles. The SMILES string of the molecule is CC(C)(C)OC(=O)NCCOCCOCCOCCC(=O)NCCNC(=O)CC[C@H](NC(=O)OCc1ccccc1)C(=O)NCCNC(=O)CCOCCOCCOCCNC(=O)OC(C)(C)C. The second-order valence-corrected chi connectivity index (χ2v) is 16.7. The van der Waals surface area contributed by atoms with E-state index >= 15 is 0 Å². The molecule has 0 aliphatic heterocycles. The summed E-state index contributed by atoms with van der Waals surface area (Å²) in [4.78, 5) is 85.9. The molecule has 0 heterocycles. The molecular formula is C45H77N7O16. The number of nitrogens with one attached hydrogen (secondary N) is 7. The molecule has 0 aromatic heterocycles. The molecule has 0 saturated carbocycles. The molecule has 1 rings (SSSR count). The predicted octanol–water partition coefficient (Wildman–Crippen LogP) is 1.46. The molecule has 23 heteroatoms. The lowest BCUT2D eigenvalue weighted by atomic mass is 10.1. The molecular weight excluding hydrogens is 895 g/mol. The number of amides is 7. The zero-order valence-electron chi connectivity index (χ0n) is 40.8. The van der Waals surface area contributed by atoms with Crippen molar-refractivity contribution in [3.8, 4) is 0 Å². The van der Waals surface area contributed by atoms with Crippen molar-refractivity contribution in [2.24, 2.45) is 0 Å². The van der Waals surface area contributed by atoms with E-state index in [0.717, 1.165) is 5.56 Å². The van der Waals surface area contributed by atoms with E-state index < -0.39 is 47.3 Å². The molecule has 0 radical (unpaired) electrons. The quantitative estimate of drug-likeness (QED) is 0.0367. The maximum Gasteiger partial charge on any atom is 0.408 e. The first-order valence-electron chi connectivity index (χ1n) is 22.9. The van der Waals surface area contributed by atoms with Gasteiger partial charge in [0.2, 0.25) is 23.6 Å². The van der Waals surface area contributed by atoms with Crippen LogP contribution in [0.3, 0.4) is 0 Å². The van der Waals surface area contributed by atoms with E-state index in [2.05, 4.69) is 37.2 Å². The van der Waals surface area contributed by atoms with Gasteiger partial charge in [-0.05, 0) is 53.5 Å². The monoisotopic (exact) mass is 972 g/mol. The third-order valence-corrected chi connectivity index (χ3v) is 8.26. The second-order valence-electron chi connectivity index (χ2n) is 16.7. The Balaban J connectivity index is 2.23. The van der Waals surface area contributed by atoms with Gasteiger partial charge in [-0.25, -0.2) is 14.4 Å². The highest BCUT2D eigenvalue weighted by Gasteiger charge is 2.23. The van der Waals surface area contributed by atoms with Crippen molar-refractivity contribution in [1.29, 1.82) is 0 Å². The number of benzene rings is 1. The maximum absolute atomic E-state index is 13.1. The molecule has 23 nitrogen and oxygen atoms in total. The van der Waals surface area contributed by atoms with Gasteiger partial charge in [0.25, 0.3) is 0 Å². The van der Waals surface area contributed by atoms with Crippen molar-refractivity contribution in [2.75, 3.05) is 119 Å². The van der Waals surface area contributed by atoms with Crippen molar-refractivity contribution in [3.63, 3.8) is 0 Å². The van der Waals surface area contributed by atoms with Crippen molar-refractivity contribution < 1.29 is 76.2 Å². The number of carbonyl (C=O) groups excluding carboxylic acids is 7. The summed E-state index contributed by atoms with van der Waals surface area (Å²) in [5, 5.41) is 18.4. The van der Waals surface area contributed by atoms with E-state index in [9.17, 15) is 33.6 Å². The Morgan fingerprint density at radius 3 is 1.25 bits per heavy atom. The summed E-state index contributed by atoms with van der Waals surface area (Å²) in [6.07, 6.45) is -1.85. The summed E-state index contributed by atoms with van der Waals surface area (Å²) in [5.41, 5.74) is -0.390. The van der Waals surface area contributed by atoms with Crippen LogP contribution in [0.5, 0.6) is 0 Å². The van der Waals surface area contributed by atoms with Crippen LogP contribution in [-0.4, -0.2) is 178 Å². The number of ether oxygens (including phenoxy) is 9. The molecule has 7 N–H and O–H groups in total. The van der Waals surface area contributed by atoms with Crippen molar-refractivity contribution in [2.45, 2.75) is 91.1 Å². The highest BCUT2D eigenvalue weighted by atomic mass is 16.6. The highest BCUT2D eigenvalue weighted by molar-refractivity contribution is 5.86. The van der Waals surface area contributed by atoms with Crippen molar-refractivity contribution in [1.82, 2.24) is 37.2 Å². The van der Waals surface area contributed by atoms with Crippen LogP contribution >= 0.6 is 0 Å². The maximum atomic E-state index is 13.1. The summed E-state index contributed by atoms with van der Waals surface area (Å²) < 4.78 is 48.0. The van der Waals surface area contributed by atoms with E-state index in [4.69, 9.17) is 42.6 Å². The molecule has 0 aliphatic rings. The molecule has 0 bridgehead atoms. The van der Waals surface area contributed by atoms with E-state index in [-0.39, 0.29) is 96.7 Å². The standard InChI is InChI=1S/C45H77N7O16/c1-44(2,3)67-41(57)50-20-24-62-28-32-64-30-26-60-22-14-38(54)47-17-16-46-37(53)13-12-36(52-43(59)66-34-35-10-8-7-9-11-35)40(56)49-19-18-48-39(55)15-23-61-27-31-65-33-29-63-25-21-51-42(58)68-45(4,5)6/h7-11,36H,12-34H2,1-6H3,(H,46,53)(H,47,54)(H,48,55)(H,49,56)(H,50,57)(H,51,58)(H,52,59)/t36-/m0/s1. The zero-order chi connectivity index (χ0) is 50.3. The number of hydrogen-bond acceptors (Lipinski definition) is 16. The predicted molar refractivity (Wildman–Crippen MR) is 247 cm³/mol. The Morgan fingerprint density at radius 1 is 0.441 bits per heavy atom. The molecule has 388 valence electrons. The van der Waals surface area contributed by atoms with Gasteiger partial charge in [0.15, 0.2) is 0 Å². The lowest BCUT2D eigenvalue weighted by Gasteiger charge is -2.19. The number of carbonyl (C=O) groups is 7. The van der Waals surface area contributed by atoms with Crippen LogP contribution in [-0.2, 0) is 68.4 Å². The Kier molecular flexibility index (Phi) is 33.6. The Bertz CT molecular complexity index is 1580. The van der Waals surface area contributed by atoms with Gasteiger partial charge >= 0.3 is 18.3 Å². The summed E-state index contributed by atoms with van der Waals surface area (Å²) >= 11 is 0. The normalized spacial score (nSPS) is 11.7. The fraction of sp³-hybridized carbons (Fsp3) is 0.711. The zero-order valence-corrected chi connectivity index (χ0v) is 40.8. The fourth-order valence-corrected chi connectivity index (χ4v) is 5.12. The van der Waals surface area contributed by atoms with Gasteiger partial charge in [-0.3, -0.25) is 19.2 Å². The minimum absolute atomic E-state index is 0.0282. The molecule has 1 aromatic carbocycles. The molecule has 1 aromatic rings. The van der Waals surface area contributed by atoms with Crippen LogP contribution in [0.25, 0.3) is 0 Å². The first kappa shape index (κ1) is 60.7. The van der Waals surface area contributed by atoms with Crippen LogP contribution in [0, 0.1) is 0 Å². The van der Waals surface area contributed by atoms with Gasteiger partial charge in [0, 0.05) is 58.5 Å². The van der Waals surface area contributed by atoms with Gasteiger partial charge in [0.1, 0.15) is 23.9 Å². The highest BCUT2D eigenvalue weighted by Crippen LogP contribution is 2.07. The van der Waals surface area contributed by atoms with Gasteiger partial charge < -0.3 is 79.8 Å². The Morgan fingerprint density at radius 2 is 0.824 bits per heavy atom. The molecule has 7 amide bonds. The first-order chi connectivity index (χ1) is 32.4. The smallest absolute Gasteiger partial charge is 0.408 e. The average molecular weight is 972 g/mol. The van der Waals surface area contributed by atoms with Gasteiger partial charge in [-0.15, -0.1) is 0 Å². The van der Waals surface area contributed by atoms with Crippen molar-refractivity contribution >= 4 is 41.9 Å². The molecule has 0 aliphatic carbocycles. The van der Waals surface area contributed by atoms with Gasteiger partial charge in [0.05, 0.1) is 79.3 Å². The number of alkyl carbamates (subject to hydrolysis) is 3. The van der Waals surface area contributed by atoms with E-state index in [1.807, 2.05) is 6.07 Å². The van der Waals surface area contributed by atoms with E-state index in [1.54, 1.807) is 65.8 Å². The minimum atomic E-state index is -1.12. The second kappa shape index (κ2) is 37.6. The first-order valence-corrected chi connectivity index (χ1v) is 22.9. The summed E-state index contributed by atoms with van der Waals surface area (Å²) in [7, 11) is 0. The van der Waals surface area contributed by atoms with Gasteiger partial charge in [-0.1, -0.05) is 30.3 Å². The topological polar surface area (TPSA) is 287 Å². The largest absolute Gasteiger partial charge is 0.445 e. The molecule has 68 heavy (non-hydrogen) atoms. The van der Waals surface area contributed by atoms with Crippen LogP contribution in [0.4, 0.5) is 14.4 Å². The van der Waals surface area contributed by atoms with Crippen LogP contribution < -0.4 is 37.2 Å². The summed E-state index contributed by atoms with van der Waals surface area (Å²) in [6, 6.07) is 7.85. The lowest BCUT2D eigenvalue weighted by Crippen LogP contribution is -2.49. The Labute approximate surface area is 400 Å². The summed E-state index contributed by atoms with van der Waals surface area (Å²) in [6.45, 7) is 15.2. The molecule has 0 fully saturated rings. The number of rotatable bonds is 37. The fourth-order valence-electron chi connectivity index (χ4n) is 5.12. The average Bonchev–Trinajstić information content (AvgIpc) is 3.27. The van der Waals surface area contributed by atoms with Gasteiger partial charge in [-0.2, -0.15) is 0 Å². The summed E-state index contributed by atoms with van der Waals surface area (Å²) in [5.74, 6) is -1.54. The number of hydrogen-bond donors (Lipinski definition) is 7. The third-order valence-electron chi connectivity index (χ3n) is 8.26. The Hall–Kier alpha value is -5.33. The third kappa shape index (κ3) is 38.7.